The Kier molecular flexibility index (Phi) is 8.88. The Morgan fingerprint density at radius 2 is 1.90 bits per heavy atom. The molecular weight excluding hydrogens is 422 g/mol. The molecule has 0 radical (unpaired) electrons. The largest absolute Gasteiger partial charge is 0.492 e. The number of carboxylic acids is 1. The average Bonchev–Trinajstić information content (AvgIpc) is 3.19. The van der Waals surface area contributed by atoms with Gasteiger partial charge in [-0.05, 0) is 24.3 Å². The summed E-state index contributed by atoms with van der Waals surface area (Å²) in [6.45, 7) is 1.05. The quantitative estimate of drug-likeness (QED) is 0.298. The van der Waals surface area contributed by atoms with Crippen LogP contribution in [0, 0.1) is 10.1 Å². The minimum Gasteiger partial charge on any atom is -0.492 e. The second-order valence-corrected chi connectivity index (χ2v) is 7.16. The van der Waals surface area contributed by atoms with Crippen molar-refractivity contribution in [3.8, 4) is 17.0 Å². The van der Waals surface area contributed by atoms with Crippen LogP contribution < -0.4 is 21.9 Å². The number of anilines is 1. The molecule has 2 aromatic carbocycles. The van der Waals surface area contributed by atoms with Gasteiger partial charge in [0.15, 0.2) is 5.13 Å². The van der Waals surface area contributed by atoms with Crippen molar-refractivity contribution in [2.24, 2.45) is 11.5 Å². The van der Waals surface area contributed by atoms with Crippen LogP contribution in [-0.2, 0) is 11.2 Å². The van der Waals surface area contributed by atoms with Gasteiger partial charge in [0.05, 0.1) is 10.6 Å². The number of carboxylic acid groups (broad SMARTS) is 1. The van der Waals surface area contributed by atoms with E-state index in [0.29, 0.717) is 23.8 Å². The number of thiazole rings is 1. The number of benzene rings is 2. The lowest BCUT2D eigenvalue weighted by atomic mass is 10.1. The second kappa shape index (κ2) is 11.6. The second-order valence-electron chi connectivity index (χ2n) is 6.27. The van der Waals surface area contributed by atoms with Crippen LogP contribution in [0.1, 0.15) is 5.56 Å². The zero-order chi connectivity index (χ0) is 22.8. The zero-order valence-corrected chi connectivity index (χ0v) is 17.3. The normalized spacial score (nSPS) is 11.2. The Labute approximate surface area is 182 Å². The van der Waals surface area contributed by atoms with Crippen molar-refractivity contribution in [1.82, 2.24) is 4.98 Å². The van der Waals surface area contributed by atoms with Crippen LogP contribution in [0.15, 0.2) is 53.9 Å². The standard InChI is InChI=1S/C11H13N3OS.C9H10N2O4/c12-5-6-15-9-3-1-8(2-4-9)10-7-16-11(13)14-10;10-7(9(12)13)5-6-3-1-2-4-8(6)11(14)15/h1-4,7H,5-6,12H2,(H2,13,14);1-4,7H,5,10H2,(H,12,13). The maximum absolute atomic E-state index is 10.6. The van der Waals surface area contributed by atoms with Crippen LogP contribution in [0.25, 0.3) is 11.3 Å². The van der Waals surface area contributed by atoms with E-state index in [9.17, 15) is 14.9 Å². The van der Waals surface area contributed by atoms with Gasteiger partial charge in [-0.1, -0.05) is 18.2 Å². The van der Waals surface area contributed by atoms with Crippen LogP contribution in [0.5, 0.6) is 5.75 Å². The van der Waals surface area contributed by atoms with Gasteiger partial charge in [-0.3, -0.25) is 14.9 Å². The van der Waals surface area contributed by atoms with Crippen molar-refractivity contribution >= 4 is 28.1 Å². The Morgan fingerprint density at radius 3 is 2.45 bits per heavy atom. The Balaban J connectivity index is 0.000000221. The van der Waals surface area contributed by atoms with Gasteiger partial charge in [0.1, 0.15) is 18.4 Å². The lowest BCUT2D eigenvalue weighted by molar-refractivity contribution is -0.385. The number of nitrogen functional groups attached to an aromatic ring is 1. The van der Waals surface area contributed by atoms with E-state index in [4.69, 9.17) is 27.0 Å². The number of aliphatic carboxylic acids is 1. The highest BCUT2D eigenvalue weighted by Gasteiger charge is 2.18. The number of nitro groups is 1. The molecular formula is C20H23N5O5S. The lowest BCUT2D eigenvalue weighted by Gasteiger charge is -2.06. The van der Waals surface area contributed by atoms with Crippen LogP contribution in [0.4, 0.5) is 10.8 Å². The van der Waals surface area contributed by atoms with Gasteiger partial charge in [0.25, 0.3) is 5.69 Å². The minimum atomic E-state index is -1.17. The molecule has 0 spiro atoms. The molecule has 0 fully saturated rings. The molecule has 3 aromatic rings. The monoisotopic (exact) mass is 445 g/mol. The number of para-hydroxylation sites is 1. The number of hydrogen-bond donors (Lipinski definition) is 4. The van der Waals surface area contributed by atoms with E-state index in [0.717, 1.165) is 17.0 Å². The SMILES string of the molecule is NC(Cc1ccccc1[N+](=O)[O-])C(=O)O.NCCOc1ccc(-c2csc(N)n2)cc1. The number of rotatable bonds is 8. The van der Waals surface area contributed by atoms with Crippen molar-refractivity contribution < 1.29 is 19.6 Å². The van der Waals surface area contributed by atoms with Gasteiger partial charge >= 0.3 is 5.97 Å². The number of carbonyl (C=O) groups is 1. The summed E-state index contributed by atoms with van der Waals surface area (Å²) in [6, 6.07) is 12.6. The highest BCUT2D eigenvalue weighted by Crippen LogP contribution is 2.25. The predicted octanol–water partition coefficient (Wildman–Crippen LogP) is 2.28. The third-order valence-corrected chi connectivity index (χ3v) is 4.68. The van der Waals surface area contributed by atoms with Crippen LogP contribution in [0.3, 0.4) is 0 Å². The molecule has 31 heavy (non-hydrogen) atoms. The van der Waals surface area contributed by atoms with Gasteiger partial charge < -0.3 is 27.0 Å². The van der Waals surface area contributed by atoms with E-state index in [1.807, 2.05) is 29.6 Å². The molecule has 1 aromatic heterocycles. The van der Waals surface area contributed by atoms with E-state index >= 15 is 0 Å². The first kappa shape index (κ1) is 23.7. The Morgan fingerprint density at radius 1 is 1.23 bits per heavy atom. The summed E-state index contributed by atoms with van der Waals surface area (Å²) >= 11 is 1.44. The topological polar surface area (TPSA) is 181 Å². The molecule has 1 heterocycles. The highest BCUT2D eigenvalue weighted by molar-refractivity contribution is 7.13. The smallest absolute Gasteiger partial charge is 0.320 e. The maximum Gasteiger partial charge on any atom is 0.320 e. The van der Waals surface area contributed by atoms with Crippen LogP contribution in [-0.4, -0.2) is 40.2 Å². The molecule has 11 heteroatoms. The van der Waals surface area contributed by atoms with Gasteiger partial charge in [0, 0.05) is 35.5 Å². The molecule has 0 saturated heterocycles. The fourth-order valence-electron chi connectivity index (χ4n) is 2.50. The van der Waals surface area contributed by atoms with E-state index in [-0.39, 0.29) is 12.1 Å². The number of ether oxygens (including phenoxy) is 1. The maximum atomic E-state index is 10.6. The number of hydrogen-bond acceptors (Lipinski definition) is 9. The van der Waals surface area contributed by atoms with Crippen molar-refractivity contribution in [2.75, 3.05) is 18.9 Å². The van der Waals surface area contributed by atoms with Gasteiger partial charge in [-0.25, -0.2) is 4.98 Å². The van der Waals surface area contributed by atoms with E-state index < -0.39 is 16.9 Å². The summed E-state index contributed by atoms with van der Waals surface area (Å²) in [5.74, 6) is -0.356. The molecule has 10 nitrogen and oxygen atoms in total. The minimum absolute atomic E-state index is 0.0491. The summed E-state index contributed by atoms with van der Waals surface area (Å²) in [7, 11) is 0. The van der Waals surface area contributed by atoms with Gasteiger partial charge in [0.2, 0.25) is 0 Å². The van der Waals surface area contributed by atoms with Crippen LogP contribution in [0.2, 0.25) is 0 Å². The first-order valence-electron chi connectivity index (χ1n) is 9.16. The molecule has 0 aliphatic carbocycles. The molecule has 0 aliphatic heterocycles. The number of aromatic nitrogens is 1. The molecule has 0 aliphatic rings. The van der Waals surface area contributed by atoms with Crippen LogP contribution >= 0.6 is 11.3 Å². The summed E-state index contributed by atoms with van der Waals surface area (Å²) in [5.41, 5.74) is 18.4. The van der Waals surface area contributed by atoms with Crippen molar-refractivity contribution in [2.45, 2.75) is 12.5 Å². The van der Waals surface area contributed by atoms with E-state index in [1.165, 1.54) is 29.5 Å². The highest BCUT2D eigenvalue weighted by atomic mass is 32.1. The third-order valence-electron chi connectivity index (χ3n) is 4.00. The van der Waals surface area contributed by atoms with Crippen molar-refractivity contribution in [3.63, 3.8) is 0 Å². The Bertz CT molecular complexity index is 1010. The zero-order valence-electron chi connectivity index (χ0n) is 16.5. The predicted molar refractivity (Wildman–Crippen MR) is 119 cm³/mol. The number of nitrogens with zero attached hydrogens (tertiary/aromatic N) is 2. The summed E-state index contributed by atoms with van der Waals surface area (Å²) in [4.78, 5) is 24.7. The first-order chi connectivity index (χ1) is 14.8. The molecule has 1 unspecified atom stereocenters. The summed E-state index contributed by atoms with van der Waals surface area (Å²) < 4.78 is 5.38. The van der Waals surface area contributed by atoms with E-state index in [1.54, 1.807) is 6.07 Å². The first-order valence-corrected chi connectivity index (χ1v) is 10.0. The fourth-order valence-corrected chi connectivity index (χ4v) is 3.08. The third kappa shape index (κ3) is 7.33. The molecule has 0 saturated carbocycles. The molecule has 3 rings (SSSR count). The number of nitrogens with two attached hydrogens (primary N) is 3. The van der Waals surface area contributed by atoms with Gasteiger partial charge in [-0.15, -0.1) is 11.3 Å². The van der Waals surface area contributed by atoms with Crippen molar-refractivity contribution in [3.05, 3.63) is 69.6 Å². The summed E-state index contributed by atoms with van der Waals surface area (Å²) in [5, 5.41) is 21.7. The summed E-state index contributed by atoms with van der Waals surface area (Å²) in [6.07, 6.45) is -0.0491. The molecule has 1 atom stereocenters. The van der Waals surface area contributed by atoms with Crippen molar-refractivity contribution in [1.29, 1.82) is 0 Å². The molecule has 0 amide bonds. The molecule has 0 bridgehead atoms. The van der Waals surface area contributed by atoms with E-state index in [2.05, 4.69) is 4.98 Å². The van der Waals surface area contributed by atoms with Gasteiger partial charge in [-0.2, -0.15) is 0 Å². The Hall–Kier alpha value is -3.54. The molecule has 164 valence electrons. The molecule has 7 N–H and O–H groups in total. The average molecular weight is 446 g/mol. The fraction of sp³-hybridized carbons (Fsp3) is 0.200. The lowest BCUT2D eigenvalue weighted by Crippen LogP contribution is -2.32. The number of nitro benzene ring substituents is 1.